The van der Waals surface area contributed by atoms with E-state index in [1.54, 1.807) is 24.3 Å². The van der Waals surface area contributed by atoms with Crippen molar-refractivity contribution in [2.24, 2.45) is 0 Å². The minimum atomic E-state index is -0.410. The molecule has 0 bridgehead atoms. The summed E-state index contributed by atoms with van der Waals surface area (Å²) in [6.07, 6.45) is 1.11. The molecule has 0 saturated carbocycles. The molecule has 0 radical (unpaired) electrons. The maximum Gasteiger partial charge on any atom is 0.286 e. The van der Waals surface area contributed by atoms with Gasteiger partial charge in [-0.3, -0.25) is 4.79 Å². The van der Waals surface area contributed by atoms with E-state index in [-0.39, 0.29) is 10.7 Å². The van der Waals surface area contributed by atoms with E-state index in [1.165, 1.54) is 12.1 Å². The monoisotopic (exact) mass is 305 g/mol. The topological polar surface area (TPSA) is 79.8 Å². The summed E-state index contributed by atoms with van der Waals surface area (Å²) in [7, 11) is 0. The molecule has 1 aromatic heterocycles. The van der Waals surface area contributed by atoms with Crippen molar-refractivity contribution in [3.8, 4) is 5.40 Å². The van der Waals surface area contributed by atoms with Crippen LogP contribution < -0.4 is 10.0 Å². The molecule has 0 unspecified atom stereocenters. The predicted octanol–water partition coefficient (Wildman–Crippen LogP) is 2.80. The van der Waals surface area contributed by atoms with E-state index in [9.17, 15) is 10.0 Å². The highest BCUT2D eigenvalue weighted by atomic mass is 35.5. The first kappa shape index (κ1) is 14.2. The third kappa shape index (κ3) is 3.41. The van der Waals surface area contributed by atoms with Crippen molar-refractivity contribution in [3.63, 3.8) is 0 Å². The fraction of sp³-hybridized carbons (Fsp3) is 0. The number of anilines is 1. The van der Waals surface area contributed by atoms with E-state index < -0.39 is 5.91 Å². The Morgan fingerprint density at radius 2 is 2.00 bits per heavy atom. The smallest absolute Gasteiger partial charge is 0.286 e. The van der Waals surface area contributed by atoms with Gasteiger partial charge in [0.15, 0.2) is 6.20 Å². The molecular formula is C13H8ClN3O2S. The number of aromatic nitrogens is 1. The summed E-state index contributed by atoms with van der Waals surface area (Å²) in [6, 6.07) is 9.62. The highest BCUT2D eigenvalue weighted by Crippen LogP contribution is 2.19. The third-order valence-corrected chi connectivity index (χ3v) is 3.30. The number of rotatable bonds is 3. The lowest BCUT2D eigenvalue weighted by Crippen LogP contribution is -2.29. The molecule has 5 nitrogen and oxygen atoms in total. The molecule has 0 fully saturated rings. The molecule has 1 amide bonds. The van der Waals surface area contributed by atoms with Crippen molar-refractivity contribution in [2.75, 3.05) is 5.32 Å². The van der Waals surface area contributed by atoms with Crippen LogP contribution in [0.4, 0.5) is 5.69 Å². The first-order valence-corrected chi connectivity index (χ1v) is 6.65. The Morgan fingerprint density at radius 1 is 1.30 bits per heavy atom. The van der Waals surface area contributed by atoms with Gasteiger partial charge in [0, 0.05) is 16.6 Å². The second-order valence-corrected chi connectivity index (χ2v) is 4.98. The van der Waals surface area contributed by atoms with Crippen LogP contribution in [-0.4, -0.2) is 5.91 Å². The van der Waals surface area contributed by atoms with Crippen LogP contribution in [0.1, 0.15) is 10.4 Å². The van der Waals surface area contributed by atoms with Crippen LogP contribution >= 0.6 is 23.4 Å². The average Bonchev–Trinajstić information content (AvgIpc) is 2.44. The quantitative estimate of drug-likeness (QED) is 0.311. The Hall–Kier alpha value is -2.23. The molecule has 0 aliphatic heterocycles. The van der Waals surface area contributed by atoms with Crippen LogP contribution in [-0.2, 0) is 0 Å². The van der Waals surface area contributed by atoms with E-state index in [4.69, 9.17) is 16.9 Å². The Balaban J connectivity index is 2.11. The minimum absolute atomic E-state index is 0.000527. The maximum atomic E-state index is 11.9. The van der Waals surface area contributed by atoms with Gasteiger partial charge in [0.2, 0.25) is 0 Å². The Kier molecular flexibility index (Phi) is 4.45. The molecule has 0 aliphatic carbocycles. The Bertz CT molecular complexity index is 683. The second-order valence-electron chi connectivity index (χ2n) is 3.74. The Labute approximate surface area is 124 Å². The van der Waals surface area contributed by atoms with Gasteiger partial charge in [-0.25, -0.2) is 0 Å². The van der Waals surface area contributed by atoms with Gasteiger partial charge in [-0.2, -0.15) is 9.99 Å². The molecule has 0 atom stereocenters. The van der Waals surface area contributed by atoms with Crippen LogP contribution in [0.15, 0.2) is 47.5 Å². The van der Waals surface area contributed by atoms with Crippen molar-refractivity contribution < 1.29 is 9.52 Å². The minimum Gasteiger partial charge on any atom is -0.618 e. The lowest BCUT2D eigenvalue weighted by molar-refractivity contribution is -0.603. The second kappa shape index (κ2) is 6.28. The van der Waals surface area contributed by atoms with Gasteiger partial charge in [-0.1, -0.05) is 0 Å². The van der Waals surface area contributed by atoms with Crippen LogP contribution in [0.25, 0.3) is 0 Å². The van der Waals surface area contributed by atoms with E-state index in [0.29, 0.717) is 10.4 Å². The van der Waals surface area contributed by atoms with E-state index in [0.717, 1.165) is 22.9 Å². The van der Waals surface area contributed by atoms with E-state index in [1.807, 2.05) is 5.40 Å². The van der Waals surface area contributed by atoms with Crippen molar-refractivity contribution in [3.05, 3.63) is 58.5 Å². The normalized spacial score (nSPS) is 9.80. The summed E-state index contributed by atoms with van der Waals surface area (Å²) < 4.78 is 0.420. The van der Waals surface area contributed by atoms with Crippen molar-refractivity contribution >= 4 is 35.0 Å². The van der Waals surface area contributed by atoms with E-state index in [2.05, 4.69) is 5.32 Å². The summed E-state index contributed by atoms with van der Waals surface area (Å²) in [4.78, 5) is 12.7. The number of nitrogens with zero attached hydrogens (tertiary/aromatic N) is 2. The molecule has 0 spiro atoms. The van der Waals surface area contributed by atoms with Crippen LogP contribution in [0.3, 0.4) is 0 Å². The highest BCUT2D eigenvalue weighted by Gasteiger charge is 2.11. The number of amides is 1. The van der Waals surface area contributed by atoms with Crippen LogP contribution in [0.2, 0.25) is 5.15 Å². The molecule has 2 aromatic rings. The van der Waals surface area contributed by atoms with Gasteiger partial charge in [0.25, 0.3) is 11.1 Å². The molecule has 100 valence electrons. The molecule has 1 heterocycles. The number of hydrogen-bond acceptors (Lipinski definition) is 4. The van der Waals surface area contributed by atoms with Gasteiger partial charge in [-0.15, -0.1) is 0 Å². The maximum absolute atomic E-state index is 11.9. The number of pyridine rings is 1. The zero-order valence-corrected chi connectivity index (χ0v) is 11.6. The van der Waals surface area contributed by atoms with Gasteiger partial charge in [0.1, 0.15) is 11.0 Å². The van der Waals surface area contributed by atoms with Gasteiger partial charge >= 0.3 is 0 Å². The standard InChI is InChI=1S/C13H8ClN3O2S/c14-12-6-1-9(7-17(12)19)13(18)16-10-2-4-11(5-3-10)20-8-15/h1-7H,(H,16,18). The average molecular weight is 306 g/mol. The zero-order valence-electron chi connectivity index (χ0n) is 10.0. The number of benzene rings is 1. The SMILES string of the molecule is N#CSc1ccc(NC(=O)c2ccc(Cl)[n+]([O-])c2)cc1. The van der Waals surface area contributed by atoms with E-state index >= 15 is 0 Å². The zero-order chi connectivity index (χ0) is 14.5. The number of halogens is 1. The first-order valence-electron chi connectivity index (χ1n) is 5.46. The number of carbonyl (C=O) groups is 1. The lowest BCUT2D eigenvalue weighted by atomic mass is 10.2. The molecule has 2 rings (SSSR count). The lowest BCUT2D eigenvalue weighted by Gasteiger charge is -2.06. The molecular weight excluding hydrogens is 298 g/mol. The first-order chi connectivity index (χ1) is 9.60. The summed E-state index contributed by atoms with van der Waals surface area (Å²) in [5.74, 6) is -0.410. The van der Waals surface area contributed by atoms with Crippen molar-refractivity contribution in [2.45, 2.75) is 4.90 Å². The van der Waals surface area contributed by atoms with Crippen LogP contribution in [0.5, 0.6) is 0 Å². The predicted molar refractivity (Wildman–Crippen MR) is 76.3 cm³/mol. The summed E-state index contributed by atoms with van der Waals surface area (Å²) in [6.45, 7) is 0. The number of thiocyanates is 1. The molecule has 0 saturated heterocycles. The highest BCUT2D eigenvalue weighted by molar-refractivity contribution is 8.03. The summed E-state index contributed by atoms with van der Waals surface area (Å²) in [5, 5.41) is 24.4. The molecule has 7 heteroatoms. The summed E-state index contributed by atoms with van der Waals surface area (Å²) in [5.41, 5.74) is 0.782. The molecule has 1 N–H and O–H groups in total. The van der Waals surface area contributed by atoms with Gasteiger partial charge < -0.3 is 10.5 Å². The Morgan fingerprint density at radius 3 is 2.60 bits per heavy atom. The van der Waals surface area contributed by atoms with Crippen molar-refractivity contribution in [1.82, 2.24) is 0 Å². The fourth-order valence-corrected chi connectivity index (χ4v) is 1.95. The number of nitriles is 1. The number of hydrogen-bond donors (Lipinski definition) is 1. The number of nitrogens with one attached hydrogen (secondary N) is 1. The third-order valence-electron chi connectivity index (χ3n) is 2.41. The van der Waals surface area contributed by atoms with Gasteiger partial charge in [-0.05, 0) is 53.7 Å². The number of thioether (sulfide) groups is 1. The molecule has 1 aromatic carbocycles. The summed E-state index contributed by atoms with van der Waals surface area (Å²) >= 11 is 6.62. The van der Waals surface area contributed by atoms with Gasteiger partial charge in [0.05, 0.1) is 0 Å². The number of carbonyl (C=O) groups excluding carboxylic acids is 1. The van der Waals surface area contributed by atoms with Crippen molar-refractivity contribution in [1.29, 1.82) is 5.26 Å². The fourth-order valence-electron chi connectivity index (χ4n) is 1.46. The molecule has 0 aliphatic rings. The van der Waals surface area contributed by atoms with Crippen LogP contribution in [0, 0.1) is 15.9 Å². The largest absolute Gasteiger partial charge is 0.618 e. The molecule has 20 heavy (non-hydrogen) atoms.